The van der Waals surface area contributed by atoms with E-state index < -0.39 is 5.80 Å². The quantitative estimate of drug-likeness (QED) is 0.151. The van der Waals surface area contributed by atoms with Crippen molar-refractivity contribution in [3.63, 3.8) is 0 Å². The van der Waals surface area contributed by atoms with Crippen molar-refractivity contribution in [2.75, 3.05) is 54.9 Å². The minimum atomic E-state index is -0.833. The fourth-order valence-corrected chi connectivity index (χ4v) is 4.63. The van der Waals surface area contributed by atoms with Gasteiger partial charge in [-0.1, -0.05) is 35.1 Å². The molecule has 1 aliphatic heterocycles. The molecular weight excluding hydrogens is 604 g/mol. The van der Waals surface area contributed by atoms with Crippen LogP contribution in [0.2, 0.25) is 5.02 Å². The fourth-order valence-electron chi connectivity index (χ4n) is 3.64. The third-order valence-electron chi connectivity index (χ3n) is 5.35. The summed E-state index contributed by atoms with van der Waals surface area (Å²) in [4.78, 5) is 30.4. The summed E-state index contributed by atoms with van der Waals surface area (Å²) in [5.74, 6) is 1.01. The number of amides is 1. The summed E-state index contributed by atoms with van der Waals surface area (Å²) in [5, 5.41) is 30.0. The molecule has 0 spiro atoms. The number of aliphatic hydroxyl groups is 2. The number of rotatable bonds is 7. The Balaban J connectivity index is 0.000000947. The Morgan fingerprint density at radius 2 is 1.92 bits per heavy atom. The molecule has 4 rings (SSSR count). The number of piperazine rings is 1. The molecule has 3 radical (unpaired) electrons. The Morgan fingerprint density at radius 1 is 1.24 bits per heavy atom. The van der Waals surface area contributed by atoms with Crippen LogP contribution in [0.4, 0.5) is 22.3 Å². The van der Waals surface area contributed by atoms with E-state index in [0.717, 1.165) is 37.6 Å². The van der Waals surface area contributed by atoms with E-state index in [1.165, 1.54) is 11.3 Å². The molecule has 0 saturated carbocycles. The molecule has 3 heterocycles. The van der Waals surface area contributed by atoms with Gasteiger partial charge in [-0.25, -0.2) is 15.0 Å². The minimum absolute atomic E-state index is 0. The van der Waals surface area contributed by atoms with Crippen LogP contribution in [-0.2, 0) is 32.7 Å². The molecule has 2 aromatic heterocycles. The third-order valence-corrected chi connectivity index (χ3v) is 6.58. The standard InChI is InChI=1S/C22H26ClN7O2S.CH2BNO.Y/c1-14-4-3-5-16(23)20(14)28-21(32)22-24-13-19(33-22)27-17-12-18(26-15(2)25-17)30-8-6-29(7-9-30)10-11-31;2-1(3)4;/h3-5,12-13,31H,6-11H2,1-2H3,(H,28,32)(H,25,26,27);(H2,3,4);. The summed E-state index contributed by atoms with van der Waals surface area (Å²) in [6.45, 7) is 8.04. The second-order valence-corrected chi connectivity index (χ2v) is 9.57. The first-order chi connectivity index (χ1) is 17.7. The Bertz CT molecular complexity index is 1220. The van der Waals surface area contributed by atoms with Crippen LogP contribution < -0.4 is 15.5 Å². The number of hydrogen-bond donors (Lipinski definition) is 5. The van der Waals surface area contributed by atoms with Gasteiger partial charge < -0.3 is 25.7 Å². The van der Waals surface area contributed by atoms with E-state index in [1.807, 2.05) is 32.0 Å². The van der Waals surface area contributed by atoms with Gasteiger partial charge in [-0.05, 0) is 25.5 Å². The molecule has 1 amide bonds. The van der Waals surface area contributed by atoms with Crippen molar-refractivity contribution in [3.8, 4) is 0 Å². The number of aromatic nitrogens is 3. The number of anilines is 4. The topological polar surface area (TPSA) is 151 Å². The van der Waals surface area contributed by atoms with Crippen LogP contribution in [0.1, 0.15) is 21.2 Å². The monoisotopic (exact) mass is 631 g/mol. The molecule has 0 atom stereocenters. The average Bonchev–Trinajstić information content (AvgIpc) is 3.30. The van der Waals surface area contributed by atoms with E-state index in [9.17, 15) is 4.79 Å². The Morgan fingerprint density at radius 3 is 2.55 bits per heavy atom. The Hall–Kier alpha value is -2.15. The summed E-state index contributed by atoms with van der Waals surface area (Å²) in [7, 11) is 4.25. The molecule has 3 aromatic rings. The van der Waals surface area contributed by atoms with E-state index in [0.29, 0.717) is 38.9 Å². The number of carbonyl (C=O) groups excluding carboxylic acids is 1. The van der Waals surface area contributed by atoms with Gasteiger partial charge in [-0.3, -0.25) is 15.1 Å². The first kappa shape index (κ1) is 32.1. The third kappa shape index (κ3) is 9.55. The van der Waals surface area contributed by atoms with E-state index >= 15 is 0 Å². The Kier molecular flexibility index (Phi) is 13.0. The van der Waals surface area contributed by atoms with Gasteiger partial charge in [-0.2, -0.15) is 0 Å². The largest absolute Gasteiger partial charge is 0.507 e. The van der Waals surface area contributed by atoms with Crippen molar-refractivity contribution in [2.24, 2.45) is 0 Å². The molecule has 15 heteroatoms. The molecule has 1 aliphatic rings. The number of para-hydroxylation sites is 1. The molecule has 38 heavy (non-hydrogen) atoms. The van der Waals surface area contributed by atoms with Crippen LogP contribution in [0, 0.1) is 19.3 Å². The number of halogens is 1. The zero-order chi connectivity index (χ0) is 26.9. The van der Waals surface area contributed by atoms with Gasteiger partial charge in [0, 0.05) is 71.5 Å². The predicted octanol–water partition coefficient (Wildman–Crippen LogP) is 2.96. The summed E-state index contributed by atoms with van der Waals surface area (Å²) in [5.41, 5.74) is 1.47. The molecule has 11 nitrogen and oxygen atoms in total. The van der Waals surface area contributed by atoms with E-state index in [-0.39, 0.29) is 45.2 Å². The maximum Gasteiger partial charge on any atom is 0.284 e. The zero-order valence-corrected chi connectivity index (χ0v) is 25.5. The molecular formula is C23H28BClN8O3SY. The maximum absolute atomic E-state index is 12.7. The number of benzene rings is 1. The van der Waals surface area contributed by atoms with E-state index in [1.54, 1.807) is 12.3 Å². The number of nitrogens with one attached hydrogen (secondary N) is 3. The van der Waals surface area contributed by atoms with Crippen molar-refractivity contribution in [3.05, 3.63) is 51.9 Å². The molecule has 0 aliphatic carbocycles. The number of carbonyl (C=O) groups is 1. The second kappa shape index (κ2) is 15.4. The maximum atomic E-state index is 12.7. The van der Waals surface area contributed by atoms with Gasteiger partial charge in [0.2, 0.25) is 0 Å². The van der Waals surface area contributed by atoms with Crippen LogP contribution >= 0.6 is 22.9 Å². The first-order valence-electron chi connectivity index (χ1n) is 11.4. The second-order valence-electron chi connectivity index (χ2n) is 8.14. The van der Waals surface area contributed by atoms with Crippen molar-refractivity contribution in [1.29, 1.82) is 5.41 Å². The molecule has 1 aromatic carbocycles. The van der Waals surface area contributed by atoms with Gasteiger partial charge in [0.25, 0.3) is 5.91 Å². The minimum Gasteiger partial charge on any atom is -0.507 e. The van der Waals surface area contributed by atoms with Crippen molar-refractivity contribution in [1.82, 2.24) is 19.9 Å². The number of thiazole rings is 1. The van der Waals surface area contributed by atoms with Crippen molar-refractivity contribution < 1.29 is 47.7 Å². The number of nitrogens with zero attached hydrogens (tertiary/aromatic N) is 5. The summed E-state index contributed by atoms with van der Waals surface area (Å²) in [6.07, 6.45) is 1.61. The number of hydrogen-bond acceptors (Lipinski definition) is 10. The summed E-state index contributed by atoms with van der Waals surface area (Å²) < 4.78 is 0. The smallest absolute Gasteiger partial charge is 0.284 e. The van der Waals surface area contributed by atoms with Crippen LogP contribution in [0.3, 0.4) is 0 Å². The molecule has 1 fully saturated rings. The fraction of sp³-hybridized carbons (Fsp3) is 0.348. The van der Waals surface area contributed by atoms with Crippen LogP contribution in [0.25, 0.3) is 0 Å². The van der Waals surface area contributed by atoms with E-state index in [4.69, 9.17) is 27.2 Å². The predicted molar refractivity (Wildman–Crippen MR) is 148 cm³/mol. The first-order valence-corrected chi connectivity index (χ1v) is 12.6. The molecule has 5 N–H and O–H groups in total. The number of aryl methyl sites for hydroxylation is 2. The molecule has 197 valence electrons. The van der Waals surface area contributed by atoms with Crippen molar-refractivity contribution >= 4 is 64.8 Å². The average molecular weight is 632 g/mol. The number of β-amino-alcohol motifs (C(OH)–C–C–N with tert-alkyl or cyclic N) is 1. The van der Waals surface area contributed by atoms with Gasteiger partial charge in [0.1, 0.15) is 28.3 Å². The summed E-state index contributed by atoms with van der Waals surface area (Å²) >= 11 is 7.45. The molecule has 1 saturated heterocycles. The SMILES string of the molecule is Cc1nc(Nc2cnc(C(=O)Nc3c(C)cccc3Cl)s2)cc(N2CCN(CCO)CC2)n1.[B]C(=N)O.[Y]. The van der Waals surface area contributed by atoms with Crippen LogP contribution in [0.5, 0.6) is 0 Å². The van der Waals surface area contributed by atoms with Gasteiger partial charge in [-0.15, -0.1) is 0 Å². The molecule has 0 unspecified atom stereocenters. The molecule has 0 bridgehead atoms. The van der Waals surface area contributed by atoms with Gasteiger partial charge in [0.05, 0.1) is 23.5 Å². The zero-order valence-electron chi connectivity index (χ0n) is 21.1. The number of aliphatic hydroxyl groups excluding tert-OH is 2. The Labute approximate surface area is 256 Å². The van der Waals surface area contributed by atoms with Gasteiger partial charge >= 0.3 is 0 Å². The van der Waals surface area contributed by atoms with E-state index in [2.05, 4.69) is 43.2 Å². The van der Waals surface area contributed by atoms with Gasteiger partial charge in [0.15, 0.2) is 12.9 Å². The van der Waals surface area contributed by atoms with Crippen LogP contribution in [-0.4, -0.2) is 88.9 Å². The summed E-state index contributed by atoms with van der Waals surface area (Å²) in [6, 6.07) is 7.37. The van der Waals surface area contributed by atoms with Crippen molar-refractivity contribution in [2.45, 2.75) is 13.8 Å². The van der Waals surface area contributed by atoms with Crippen LogP contribution in [0.15, 0.2) is 30.5 Å². The normalized spacial score (nSPS) is 13.1.